The third-order valence-corrected chi connectivity index (χ3v) is 7.17. The van der Waals surface area contributed by atoms with Crippen molar-refractivity contribution in [1.82, 2.24) is 10.2 Å². The third-order valence-electron chi connectivity index (χ3n) is 6.03. The summed E-state index contributed by atoms with van der Waals surface area (Å²) in [6.07, 6.45) is 1.38. The van der Waals surface area contributed by atoms with Crippen LogP contribution in [0.25, 0.3) is 0 Å². The molecule has 0 saturated carbocycles. The molecule has 0 saturated heterocycles. The Labute approximate surface area is 220 Å². The van der Waals surface area contributed by atoms with Gasteiger partial charge in [-0.15, -0.1) is 0 Å². The summed E-state index contributed by atoms with van der Waals surface area (Å²) in [4.78, 5) is 28.7. The highest BCUT2D eigenvalue weighted by Crippen LogP contribution is 2.21. The number of carbonyl (C=O) groups excluding carboxylic acids is 2. The SMILES string of the molecule is CCNC(=O)[C@H](Cc1ccccc1)N(Cc1cccc(C)c1)C(=O)CN(c1cccc(C)c1)S(C)(=O)=O. The molecular formula is C29H35N3O4S. The van der Waals surface area contributed by atoms with E-state index in [1.54, 1.807) is 18.2 Å². The van der Waals surface area contributed by atoms with Gasteiger partial charge in [0.1, 0.15) is 12.6 Å². The van der Waals surface area contributed by atoms with E-state index < -0.39 is 28.5 Å². The van der Waals surface area contributed by atoms with E-state index in [2.05, 4.69) is 5.32 Å². The Morgan fingerprint density at radius 1 is 0.865 bits per heavy atom. The summed E-state index contributed by atoms with van der Waals surface area (Å²) in [5.74, 6) is -0.741. The molecule has 2 amide bonds. The summed E-state index contributed by atoms with van der Waals surface area (Å²) in [6.45, 7) is 5.81. The molecule has 3 rings (SSSR count). The van der Waals surface area contributed by atoms with Crippen molar-refractivity contribution in [3.63, 3.8) is 0 Å². The molecule has 0 aliphatic carbocycles. The van der Waals surface area contributed by atoms with Crippen LogP contribution in [0.15, 0.2) is 78.9 Å². The van der Waals surface area contributed by atoms with Crippen LogP contribution in [0.1, 0.15) is 29.2 Å². The van der Waals surface area contributed by atoms with Gasteiger partial charge in [-0.1, -0.05) is 72.3 Å². The van der Waals surface area contributed by atoms with Crippen LogP contribution in [0, 0.1) is 13.8 Å². The van der Waals surface area contributed by atoms with Crippen LogP contribution in [0.2, 0.25) is 0 Å². The Bertz CT molecular complexity index is 1330. The van der Waals surface area contributed by atoms with Crippen LogP contribution < -0.4 is 9.62 Å². The number of rotatable bonds is 11. The van der Waals surface area contributed by atoms with E-state index in [1.807, 2.05) is 81.4 Å². The number of sulfonamides is 1. The molecule has 37 heavy (non-hydrogen) atoms. The molecule has 0 radical (unpaired) electrons. The van der Waals surface area contributed by atoms with Crippen LogP contribution in [0.4, 0.5) is 5.69 Å². The number of aryl methyl sites for hydroxylation is 2. The van der Waals surface area contributed by atoms with Gasteiger partial charge in [-0.2, -0.15) is 0 Å². The molecule has 0 bridgehead atoms. The van der Waals surface area contributed by atoms with Gasteiger partial charge in [0.15, 0.2) is 0 Å². The quantitative estimate of drug-likeness (QED) is 0.415. The Hall–Kier alpha value is -3.65. The van der Waals surface area contributed by atoms with E-state index in [9.17, 15) is 18.0 Å². The maximum absolute atomic E-state index is 13.9. The smallest absolute Gasteiger partial charge is 0.244 e. The number of benzene rings is 3. The fraction of sp³-hybridized carbons (Fsp3) is 0.310. The number of amides is 2. The minimum Gasteiger partial charge on any atom is -0.355 e. The second-order valence-electron chi connectivity index (χ2n) is 9.22. The lowest BCUT2D eigenvalue weighted by Gasteiger charge is -2.33. The van der Waals surface area contributed by atoms with Gasteiger partial charge in [-0.3, -0.25) is 13.9 Å². The van der Waals surface area contributed by atoms with Crippen LogP contribution in [0.3, 0.4) is 0 Å². The zero-order chi connectivity index (χ0) is 27.0. The Morgan fingerprint density at radius 3 is 2.08 bits per heavy atom. The average molecular weight is 522 g/mol. The fourth-order valence-electron chi connectivity index (χ4n) is 4.25. The zero-order valence-electron chi connectivity index (χ0n) is 21.8. The highest BCUT2D eigenvalue weighted by atomic mass is 32.2. The van der Waals surface area contributed by atoms with E-state index in [0.29, 0.717) is 18.7 Å². The van der Waals surface area contributed by atoms with Gasteiger partial charge >= 0.3 is 0 Å². The first-order chi connectivity index (χ1) is 17.6. The molecule has 0 aliphatic heterocycles. The monoisotopic (exact) mass is 521 g/mol. The molecule has 1 atom stereocenters. The van der Waals surface area contributed by atoms with Crippen molar-refractivity contribution in [3.8, 4) is 0 Å². The lowest BCUT2D eigenvalue weighted by Crippen LogP contribution is -2.53. The molecule has 0 fully saturated rings. The lowest BCUT2D eigenvalue weighted by molar-refractivity contribution is -0.140. The number of likely N-dealkylation sites (N-methyl/N-ethyl adjacent to an activating group) is 1. The number of carbonyl (C=O) groups is 2. The maximum atomic E-state index is 13.9. The van der Waals surface area contributed by atoms with Crippen molar-refractivity contribution < 1.29 is 18.0 Å². The van der Waals surface area contributed by atoms with Crippen molar-refractivity contribution in [2.24, 2.45) is 0 Å². The van der Waals surface area contributed by atoms with E-state index >= 15 is 0 Å². The summed E-state index contributed by atoms with van der Waals surface area (Å²) >= 11 is 0. The molecule has 196 valence electrons. The highest BCUT2D eigenvalue weighted by molar-refractivity contribution is 7.92. The molecule has 3 aromatic carbocycles. The van der Waals surface area contributed by atoms with E-state index in [-0.39, 0.29) is 12.5 Å². The minimum absolute atomic E-state index is 0.167. The number of hydrogen-bond donors (Lipinski definition) is 1. The molecule has 1 N–H and O–H groups in total. The molecule has 3 aromatic rings. The van der Waals surface area contributed by atoms with Crippen molar-refractivity contribution in [2.45, 2.75) is 39.8 Å². The number of hydrogen-bond acceptors (Lipinski definition) is 4. The normalized spacial score (nSPS) is 12.0. The zero-order valence-corrected chi connectivity index (χ0v) is 22.7. The third kappa shape index (κ3) is 7.92. The summed E-state index contributed by atoms with van der Waals surface area (Å²) in [7, 11) is -3.77. The van der Waals surface area contributed by atoms with Crippen molar-refractivity contribution in [1.29, 1.82) is 0 Å². The first-order valence-corrected chi connectivity index (χ1v) is 14.1. The summed E-state index contributed by atoms with van der Waals surface area (Å²) in [5, 5.41) is 2.86. The van der Waals surface area contributed by atoms with Gasteiger partial charge in [0.05, 0.1) is 11.9 Å². The number of nitrogens with zero attached hydrogens (tertiary/aromatic N) is 2. The topological polar surface area (TPSA) is 86.8 Å². The molecule has 0 unspecified atom stereocenters. The van der Waals surface area contributed by atoms with Gasteiger partial charge < -0.3 is 10.2 Å². The average Bonchev–Trinajstić information content (AvgIpc) is 2.84. The first-order valence-electron chi connectivity index (χ1n) is 12.3. The van der Waals surface area contributed by atoms with Gasteiger partial charge in [0, 0.05) is 19.5 Å². The molecule has 0 heterocycles. The predicted molar refractivity (Wildman–Crippen MR) is 148 cm³/mol. The molecule has 0 aromatic heterocycles. The Balaban J connectivity index is 2.04. The van der Waals surface area contributed by atoms with Crippen LogP contribution in [-0.2, 0) is 32.6 Å². The number of anilines is 1. The van der Waals surface area contributed by atoms with Crippen LogP contribution in [0.5, 0.6) is 0 Å². The van der Waals surface area contributed by atoms with Crippen molar-refractivity contribution in [2.75, 3.05) is 23.7 Å². The lowest BCUT2D eigenvalue weighted by atomic mass is 10.0. The van der Waals surface area contributed by atoms with Crippen LogP contribution >= 0.6 is 0 Å². The van der Waals surface area contributed by atoms with Crippen molar-refractivity contribution >= 4 is 27.5 Å². The predicted octanol–water partition coefficient (Wildman–Crippen LogP) is 3.85. The molecular weight excluding hydrogens is 486 g/mol. The second-order valence-corrected chi connectivity index (χ2v) is 11.1. The summed E-state index contributed by atoms with van der Waals surface area (Å²) in [5.41, 5.74) is 4.07. The van der Waals surface area contributed by atoms with E-state index in [0.717, 1.165) is 32.8 Å². The molecule has 8 heteroatoms. The Morgan fingerprint density at radius 2 is 1.49 bits per heavy atom. The highest BCUT2D eigenvalue weighted by Gasteiger charge is 2.32. The van der Waals surface area contributed by atoms with Gasteiger partial charge in [0.2, 0.25) is 21.8 Å². The maximum Gasteiger partial charge on any atom is 0.244 e. The Kier molecular flexibility index (Phi) is 9.47. The minimum atomic E-state index is -3.77. The summed E-state index contributed by atoms with van der Waals surface area (Å²) in [6, 6.07) is 23.4. The number of nitrogens with one attached hydrogen (secondary N) is 1. The fourth-order valence-corrected chi connectivity index (χ4v) is 5.09. The van der Waals surface area contributed by atoms with Gasteiger partial charge in [0.25, 0.3) is 0 Å². The van der Waals surface area contributed by atoms with E-state index in [4.69, 9.17) is 0 Å². The van der Waals surface area contributed by atoms with Crippen molar-refractivity contribution in [3.05, 3.63) is 101 Å². The van der Waals surface area contributed by atoms with E-state index in [1.165, 1.54) is 4.90 Å². The summed E-state index contributed by atoms with van der Waals surface area (Å²) < 4.78 is 26.7. The van der Waals surface area contributed by atoms with Gasteiger partial charge in [-0.25, -0.2) is 8.42 Å². The molecule has 0 aliphatic rings. The standard InChI is InChI=1S/C29H35N3O4S/c1-5-30-29(34)27(19-24-13-7-6-8-14-24)31(20-25-15-9-11-22(2)17-25)28(33)21-32(37(4,35)36)26-16-10-12-23(3)18-26/h6-18,27H,5,19-21H2,1-4H3,(H,30,34)/t27-/m0/s1. The van der Waals surface area contributed by atoms with Gasteiger partial charge in [-0.05, 0) is 49.6 Å². The van der Waals surface area contributed by atoms with Crippen LogP contribution in [-0.4, -0.2) is 50.5 Å². The first kappa shape index (κ1) is 27.9. The molecule has 0 spiro atoms. The second kappa shape index (κ2) is 12.5. The molecule has 7 nitrogen and oxygen atoms in total. The largest absolute Gasteiger partial charge is 0.355 e.